The van der Waals surface area contributed by atoms with Gasteiger partial charge in [-0.1, -0.05) is 20.8 Å². The van der Waals surface area contributed by atoms with Crippen LogP contribution in [-0.4, -0.2) is 30.2 Å². The van der Waals surface area contributed by atoms with Crippen molar-refractivity contribution in [3.05, 3.63) is 0 Å². The molecule has 1 amide bonds. The fourth-order valence-electron chi connectivity index (χ4n) is 2.25. The van der Waals surface area contributed by atoms with Crippen molar-refractivity contribution in [1.29, 1.82) is 0 Å². The highest BCUT2D eigenvalue weighted by Gasteiger charge is 2.30. The van der Waals surface area contributed by atoms with Crippen molar-refractivity contribution in [2.24, 2.45) is 17.8 Å². The van der Waals surface area contributed by atoms with Gasteiger partial charge in [0.2, 0.25) is 5.91 Å². The molecule has 0 radical (unpaired) electrons. The molecule has 1 aliphatic rings. The Morgan fingerprint density at radius 3 is 2.67 bits per heavy atom. The first-order chi connectivity index (χ1) is 7.02. The molecule has 1 aliphatic heterocycles. The Bertz CT molecular complexity index is 238. The first kappa shape index (κ1) is 12.2. The van der Waals surface area contributed by atoms with E-state index in [0.29, 0.717) is 24.8 Å². The number of aldehydes is 1. The van der Waals surface area contributed by atoms with E-state index in [9.17, 15) is 9.59 Å². The van der Waals surface area contributed by atoms with Gasteiger partial charge >= 0.3 is 0 Å². The molecule has 0 aromatic heterocycles. The summed E-state index contributed by atoms with van der Waals surface area (Å²) in [5.74, 6) is 1.32. The summed E-state index contributed by atoms with van der Waals surface area (Å²) >= 11 is 0. The topological polar surface area (TPSA) is 37.4 Å². The van der Waals surface area contributed by atoms with Gasteiger partial charge in [0.15, 0.2) is 0 Å². The molecule has 0 aromatic carbocycles. The number of carbonyl (C=O) groups is 2. The number of hydrogen-bond donors (Lipinski definition) is 0. The van der Waals surface area contributed by atoms with Gasteiger partial charge in [-0.3, -0.25) is 4.79 Å². The Hall–Kier alpha value is -0.860. The second kappa shape index (κ2) is 5.29. The van der Waals surface area contributed by atoms with Gasteiger partial charge < -0.3 is 9.69 Å². The summed E-state index contributed by atoms with van der Waals surface area (Å²) in [5.41, 5.74) is 0. The standard InChI is InChI=1S/C12H21NO2/c1-9(2)4-11-5-12(15)13(7-11)6-10(3)8-14/h8-11H,4-7H2,1-3H3. The number of amides is 1. The minimum Gasteiger partial charge on any atom is -0.342 e. The lowest BCUT2D eigenvalue weighted by Crippen LogP contribution is -2.30. The Balaban J connectivity index is 2.42. The van der Waals surface area contributed by atoms with Gasteiger partial charge in [-0.25, -0.2) is 0 Å². The molecular formula is C12H21NO2. The highest BCUT2D eigenvalue weighted by Crippen LogP contribution is 2.24. The van der Waals surface area contributed by atoms with Gasteiger partial charge in [-0.2, -0.15) is 0 Å². The second-order valence-electron chi connectivity index (χ2n) is 5.11. The maximum atomic E-state index is 11.6. The average Bonchev–Trinajstić information content (AvgIpc) is 2.45. The summed E-state index contributed by atoms with van der Waals surface area (Å²) in [4.78, 5) is 24.0. The van der Waals surface area contributed by atoms with E-state index >= 15 is 0 Å². The smallest absolute Gasteiger partial charge is 0.222 e. The van der Waals surface area contributed by atoms with E-state index in [2.05, 4.69) is 13.8 Å². The Morgan fingerprint density at radius 1 is 1.47 bits per heavy atom. The molecule has 2 atom stereocenters. The van der Waals surface area contributed by atoms with Crippen molar-refractivity contribution in [3.8, 4) is 0 Å². The summed E-state index contributed by atoms with van der Waals surface area (Å²) < 4.78 is 0. The van der Waals surface area contributed by atoms with Crippen LogP contribution in [0.2, 0.25) is 0 Å². The molecule has 0 aromatic rings. The van der Waals surface area contributed by atoms with Crippen molar-refractivity contribution < 1.29 is 9.59 Å². The van der Waals surface area contributed by atoms with Crippen LogP contribution in [0.4, 0.5) is 0 Å². The van der Waals surface area contributed by atoms with E-state index in [1.165, 1.54) is 0 Å². The summed E-state index contributed by atoms with van der Waals surface area (Å²) in [5, 5.41) is 0. The third-order valence-corrected chi connectivity index (χ3v) is 2.84. The molecule has 0 bridgehead atoms. The molecule has 0 aliphatic carbocycles. The number of hydrogen-bond acceptors (Lipinski definition) is 2. The maximum absolute atomic E-state index is 11.6. The molecule has 0 N–H and O–H groups in total. The van der Waals surface area contributed by atoms with E-state index < -0.39 is 0 Å². The summed E-state index contributed by atoms with van der Waals surface area (Å²) in [6.45, 7) is 7.66. The summed E-state index contributed by atoms with van der Waals surface area (Å²) in [7, 11) is 0. The molecule has 1 rings (SSSR count). The third-order valence-electron chi connectivity index (χ3n) is 2.84. The molecule has 0 saturated carbocycles. The van der Waals surface area contributed by atoms with E-state index in [1.54, 1.807) is 0 Å². The first-order valence-electron chi connectivity index (χ1n) is 5.76. The average molecular weight is 211 g/mol. The predicted molar refractivity (Wildman–Crippen MR) is 59.4 cm³/mol. The van der Waals surface area contributed by atoms with E-state index in [1.807, 2.05) is 11.8 Å². The molecule has 0 spiro atoms. The van der Waals surface area contributed by atoms with Gasteiger partial charge in [-0.05, 0) is 18.3 Å². The van der Waals surface area contributed by atoms with Crippen LogP contribution in [0.1, 0.15) is 33.6 Å². The number of nitrogens with zero attached hydrogens (tertiary/aromatic N) is 1. The van der Waals surface area contributed by atoms with Crippen LogP contribution in [0, 0.1) is 17.8 Å². The van der Waals surface area contributed by atoms with E-state index in [4.69, 9.17) is 0 Å². The molecular weight excluding hydrogens is 190 g/mol. The van der Waals surface area contributed by atoms with Crippen LogP contribution in [-0.2, 0) is 9.59 Å². The van der Waals surface area contributed by atoms with Crippen molar-refractivity contribution in [2.75, 3.05) is 13.1 Å². The van der Waals surface area contributed by atoms with Crippen LogP contribution in [0.5, 0.6) is 0 Å². The van der Waals surface area contributed by atoms with Gasteiger partial charge in [0.25, 0.3) is 0 Å². The number of likely N-dealkylation sites (tertiary alicyclic amines) is 1. The van der Waals surface area contributed by atoms with Crippen molar-refractivity contribution in [1.82, 2.24) is 4.90 Å². The van der Waals surface area contributed by atoms with Crippen molar-refractivity contribution in [3.63, 3.8) is 0 Å². The zero-order valence-electron chi connectivity index (χ0n) is 9.90. The minimum atomic E-state index is -0.0354. The van der Waals surface area contributed by atoms with Crippen LogP contribution < -0.4 is 0 Å². The van der Waals surface area contributed by atoms with Crippen LogP contribution in [0.15, 0.2) is 0 Å². The monoisotopic (exact) mass is 211 g/mol. The fourth-order valence-corrected chi connectivity index (χ4v) is 2.25. The lowest BCUT2D eigenvalue weighted by molar-refractivity contribution is -0.128. The summed E-state index contributed by atoms with van der Waals surface area (Å²) in [6.07, 6.45) is 2.70. The Labute approximate surface area is 91.8 Å². The second-order valence-corrected chi connectivity index (χ2v) is 5.11. The Morgan fingerprint density at radius 2 is 2.13 bits per heavy atom. The van der Waals surface area contributed by atoms with Gasteiger partial charge in [0, 0.05) is 25.4 Å². The fraction of sp³-hybridized carbons (Fsp3) is 0.833. The maximum Gasteiger partial charge on any atom is 0.222 e. The zero-order valence-corrected chi connectivity index (χ0v) is 9.90. The quantitative estimate of drug-likeness (QED) is 0.649. The van der Waals surface area contributed by atoms with Gasteiger partial charge in [-0.15, -0.1) is 0 Å². The largest absolute Gasteiger partial charge is 0.342 e. The molecule has 3 nitrogen and oxygen atoms in total. The molecule has 1 heterocycles. The number of rotatable bonds is 5. The van der Waals surface area contributed by atoms with Gasteiger partial charge in [0.1, 0.15) is 6.29 Å². The molecule has 1 saturated heterocycles. The van der Waals surface area contributed by atoms with Crippen molar-refractivity contribution >= 4 is 12.2 Å². The van der Waals surface area contributed by atoms with Gasteiger partial charge in [0.05, 0.1) is 0 Å². The SMILES string of the molecule is CC(C)CC1CC(=O)N(CC(C)C=O)C1. The predicted octanol–water partition coefficient (Wildman–Crippen LogP) is 1.72. The van der Waals surface area contributed by atoms with Crippen LogP contribution in [0.25, 0.3) is 0 Å². The lowest BCUT2D eigenvalue weighted by Gasteiger charge is -2.18. The molecule has 3 heteroatoms. The first-order valence-corrected chi connectivity index (χ1v) is 5.76. The van der Waals surface area contributed by atoms with E-state index in [0.717, 1.165) is 19.3 Å². The van der Waals surface area contributed by atoms with Crippen LogP contribution in [0.3, 0.4) is 0 Å². The highest BCUT2D eigenvalue weighted by atomic mass is 16.2. The van der Waals surface area contributed by atoms with Crippen LogP contribution >= 0.6 is 0 Å². The molecule has 15 heavy (non-hydrogen) atoms. The van der Waals surface area contributed by atoms with E-state index in [-0.39, 0.29) is 11.8 Å². The molecule has 1 fully saturated rings. The molecule has 86 valence electrons. The van der Waals surface area contributed by atoms with Crippen molar-refractivity contribution in [2.45, 2.75) is 33.6 Å². The summed E-state index contributed by atoms with van der Waals surface area (Å²) in [6, 6.07) is 0. The zero-order chi connectivity index (χ0) is 11.4. The normalized spacial score (nSPS) is 23.6. The highest BCUT2D eigenvalue weighted by molar-refractivity contribution is 5.79. The lowest BCUT2D eigenvalue weighted by atomic mass is 9.96. The minimum absolute atomic E-state index is 0.0354. The third kappa shape index (κ3) is 3.65. The Kier molecular flexibility index (Phi) is 4.30. The molecule has 2 unspecified atom stereocenters. The number of carbonyl (C=O) groups excluding carboxylic acids is 2.